The van der Waals surface area contributed by atoms with Gasteiger partial charge in [0.1, 0.15) is 11.6 Å². The number of rotatable bonds is 5. The fourth-order valence-corrected chi connectivity index (χ4v) is 6.92. The van der Waals surface area contributed by atoms with Crippen molar-refractivity contribution in [2.24, 2.45) is 17.8 Å². The van der Waals surface area contributed by atoms with Gasteiger partial charge in [-0.3, -0.25) is 14.4 Å². The van der Waals surface area contributed by atoms with Crippen molar-refractivity contribution >= 4 is 35.0 Å². The number of nitrogens with zero attached hydrogens (tertiary/aromatic N) is 3. The Labute approximate surface area is 222 Å². The summed E-state index contributed by atoms with van der Waals surface area (Å²) in [5.41, 5.74) is -1.86. The molecule has 4 aliphatic heterocycles. The summed E-state index contributed by atoms with van der Waals surface area (Å²) in [5.74, 6) is -2.70. The summed E-state index contributed by atoms with van der Waals surface area (Å²) in [7, 11) is 1.72. The molecule has 6 atom stereocenters. The van der Waals surface area contributed by atoms with E-state index in [1.54, 1.807) is 41.1 Å². The molecule has 4 aliphatic rings. The zero-order valence-electron chi connectivity index (χ0n) is 21.6. The van der Waals surface area contributed by atoms with Gasteiger partial charge in [-0.1, -0.05) is 68.8 Å². The molecule has 1 spiro atoms. The van der Waals surface area contributed by atoms with E-state index in [1.165, 1.54) is 4.90 Å². The average Bonchev–Trinajstić information content (AvgIpc) is 3.17. The molecule has 2 fully saturated rings. The number of aliphatic hydroxyl groups is 1. The Hall–Kier alpha value is -2.68. The predicted octanol–water partition coefficient (Wildman–Crippen LogP) is 2.65. The van der Waals surface area contributed by atoms with Crippen molar-refractivity contribution in [3.8, 4) is 0 Å². The van der Waals surface area contributed by atoms with Crippen LogP contribution in [-0.4, -0.2) is 82.7 Å². The number of hydrogen-bond acceptors (Lipinski definition) is 5. The van der Waals surface area contributed by atoms with Crippen LogP contribution in [0.5, 0.6) is 0 Å². The van der Waals surface area contributed by atoms with Gasteiger partial charge in [0.25, 0.3) is 5.91 Å². The largest absolute Gasteiger partial charge is 0.394 e. The van der Waals surface area contributed by atoms with E-state index in [2.05, 4.69) is 0 Å². The lowest BCUT2D eigenvalue weighted by atomic mass is 9.73. The molecule has 1 aromatic carbocycles. The maximum Gasteiger partial charge on any atom is 0.253 e. The Morgan fingerprint density at radius 1 is 1.05 bits per heavy atom. The lowest BCUT2D eigenvalue weighted by molar-refractivity contribution is -0.153. The van der Waals surface area contributed by atoms with E-state index in [0.717, 1.165) is 0 Å². The molecule has 0 radical (unpaired) electrons. The summed E-state index contributed by atoms with van der Waals surface area (Å²) in [6.07, 6.45) is 7.93. The second kappa shape index (κ2) is 9.26. The number of hydrogen-bond donors (Lipinski definition) is 1. The second-order valence-electron chi connectivity index (χ2n) is 10.8. The first-order chi connectivity index (χ1) is 17.6. The van der Waals surface area contributed by atoms with Gasteiger partial charge >= 0.3 is 0 Å². The summed E-state index contributed by atoms with van der Waals surface area (Å²) in [4.78, 5) is 47.3. The molecule has 0 bridgehead atoms. The van der Waals surface area contributed by atoms with Crippen LogP contribution in [0.1, 0.15) is 27.2 Å². The number of carbonyl (C=O) groups is 3. The molecule has 0 aromatic heterocycles. The number of para-hydroxylation sites is 1. The van der Waals surface area contributed by atoms with Crippen LogP contribution in [0.2, 0.25) is 5.02 Å². The van der Waals surface area contributed by atoms with Crippen LogP contribution in [-0.2, 0) is 19.1 Å². The van der Waals surface area contributed by atoms with Gasteiger partial charge in [-0.15, -0.1) is 0 Å². The van der Waals surface area contributed by atoms with Crippen LogP contribution in [0.15, 0.2) is 48.6 Å². The molecule has 0 aliphatic carbocycles. The SMILES string of the molecule is CC[C@]12C=CCN(C)C(=O)[C@H]1[C@H]1C(=O)N([C@@H](CO)C(C)C)C3C(=O)N(c4ccccc4Cl)CC=C[C@@]31O2. The van der Waals surface area contributed by atoms with E-state index in [-0.39, 0.29) is 36.8 Å². The first-order valence-electron chi connectivity index (χ1n) is 12.9. The lowest BCUT2D eigenvalue weighted by Crippen LogP contribution is -2.60. The van der Waals surface area contributed by atoms with Crippen LogP contribution in [0.4, 0.5) is 5.69 Å². The Bertz CT molecular complexity index is 1180. The number of ether oxygens (including phenoxy) is 1. The molecule has 1 aromatic rings. The number of aliphatic hydroxyl groups excluding tert-OH is 1. The highest BCUT2D eigenvalue weighted by Gasteiger charge is 2.76. The van der Waals surface area contributed by atoms with Crippen LogP contribution in [0.25, 0.3) is 0 Å². The zero-order chi connectivity index (χ0) is 26.7. The molecule has 37 heavy (non-hydrogen) atoms. The number of fused-ring (bicyclic) bond motifs is 2. The number of carbonyl (C=O) groups excluding carboxylic acids is 3. The summed E-state index contributed by atoms with van der Waals surface area (Å²) < 4.78 is 6.91. The first-order valence-corrected chi connectivity index (χ1v) is 13.3. The molecule has 1 N–H and O–H groups in total. The van der Waals surface area contributed by atoms with Gasteiger partial charge in [0.2, 0.25) is 11.8 Å². The quantitative estimate of drug-likeness (QED) is 0.595. The normalized spacial score (nSPS) is 34.0. The van der Waals surface area contributed by atoms with E-state index < -0.39 is 35.1 Å². The van der Waals surface area contributed by atoms with Gasteiger partial charge in [-0.25, -0.2) is 0 Å². The third-order valence-corrected chi connectivity index (χ3v) is 8.86. The lowest BCUT2D eigenvalue weighted by Gasteiger charge is -2.41. The highest BCUT2D eigenvalue weighted by molar-refractivity contribution is 6.34. The molecule has 3 amide bonds. The topological polar surface area (TPSA) is 90.4 Å². The summed E-state index contributed by atoms with van der Waals surface area (Å²) in [6.45, 7) is 6.08. The minimum Gasteiger partial charge on any atom is -0.394 e. The van der Waals surface area contributed by atoms with Gasteiger partial charge in [-0.05, 0) is 24.5 Å². The Kier molecular flexibility index (Phi) is 6.49. The molecule has 8 nitrogen and oxygen atoms in total. The number of likely N-dealkylation sites (N-methyl/N-ethyl adjacent to an activating group) is 1. The Morgan fingerprint density at radius 3 is 2.41 bits per heavy atom. The van der Waals surface area contributed by atoms with Crippen LogP contribution >= 0.6 is 11.6 Å². The molecule has 198 valence electrons. The molecule has 2 saturated heterocycles. The monoisotopic (exact) mass is 527 g/mol. The number of benzene rings is 1. The first kappa shape index (κ1) is 25.9. The molecule has 9 heteroatoms. The van der Waals surface area contributed by atoms with Crippen molar-refractivity contribution in [2.75, 3.05) is 31.6 Å². The van der Waals surface area contributed by atoms with Crippen molar-refractivity contribution in [1.29, 1.82) is 0 Å². The second-order valence-corrected chi connectivity index (χ2v) is 11.2. The fourth-order valence-electron chi connectivity index (χ4n) is 6.69. The van der Waals surface area contributed by atoms with Gasteiger partial charge in [0.15, 0.2) is 0 Å². The number of halogens is 1. The standard InChI is InChI=1S/C28H34ClN3O5/c1-5-27-12-8-14-30(4)24(34)21(27)22-25(35)32(20(16-33)17(2)3)23-26(36)31(15-9-13-28(22,23)37-27)19-11-7-6-10-18(19)29/h6-13,17,20-23,33H,5,14-16H2,1-4H3/t20-,21+,22-,23?,27-,28-/m0/s1. The smallest absolute Gasteiger partial charge is 0.253 e. The number of likely N-dealkylation sites (tertiary alicyclic amines) is 1. The summed E-state index contributed by atoms with van der Waals surface area (Å²) in [5, 5.41) is 10.8. The van der Waals surface area contributed by atoms with Crippen LogP contribution in [0.3, 0.4) is 0 Å². The van der Waals surface area contributed by atoms with Crippen LogP contribution in [0, 0.1) is 17.8 Å². The van der Waals surface area contributed by atoms with Crippen molar-refractivity contribution in [2.45, 2.75) is 50.5 Å². The molecular formula is C28H34ClN3O5. The summed E-state index contributed by atoms with van der Waals surface area (Å²) >= 11 is 6.50. The van der Waals surface area contributed by atoms with Gasteiger partial charge in [-0.2, -0.15) is 0 Å². The van der Waals surface area contributed by atoms with Gasteiger partial charge < -0.3 is 24.5 Å². The van der Waals surface area contributed by atoms with Crippen molar-refractivity contribution < 1.29 is 24.2 Å². The maximum absolute atomic E-state index is 14.5. The molecular weight excluding hydrogens is 494 g/mol. The van der Waals surface area contributed by atoms with Gasteiger partial charge in [0.05, 0.1) is 40.8 Å². The fraction of sp³-hybridized carbons (Fsp3) is 0.536. The van der Waals surface area contributed by atoms with Crippen molar-refractivity contribution in [3.63, 3.8) is 0 Å². The van der Waals surface area contributed by atoms with E-state index in [1.807, 2.05) is 45.1 Å². The predicted molar refractivity (Wildman–Crippen MR) is 140 cm³/mol. The van der Waals surface area contributed by atoms with E-state index >= 15 is 0 Å². The highest BCUT2D eigenvalue weighted by atomic mass is 35.5. The number of anilines is 1. The molecule has 5 rings (SSSR count). The average molecular weight is 528 g/mol. The zero-order valence-corrected chi connectivity index (χ0v) is 22.4. The Morgan fingerprint density at radius 2 is 1.76 bits per heavy atom. The number of amides is 3. The highest BCUT2D eigenvalue weighted by Crippen LogP contribution is 2.59. The van der Waals surface area contributed by atoms with E-state index in [9.17, 15) is 19.5 Å². The Balaban J connectivity index is 1.73. The molecule has 1 unspecified atom stereocenters. The van der Waals surface area contributed by atoms with Crippen LogP contribution < -0.4 is 4.90 Å². The third-order valence-electron chi connectivity index (χ3n) is 8.54. The van der Waals surface area contributed by atoms with E-state index in [4.69, 9.17) is 16.3 Å². The minimum atomic E-state index is -1.37. The van der Waals surface area contributed by atoms with Crippen molar-refractivity contribution in [3.05, 3.63) is 53.6 Å². The minimum absolute atomic E-state index is 0.137. The molecule has 0 saturated carbocycles. The van der Waals surface area contributed by atoms with Crippen molar-refractivity contribution in [1.82, 2.24) is 9.80 Å². The molecule has 4 heterocycles. The third kappa shape index (κ3) is 3.60. The van der Waals surface area contributed by atoms with Gasteiger partial charge in [0, 0.05) is 20.1 Å². The maximum atomic E-state index is 14.5. The summed E-state index contributed by atoms with van der Waals surface area (Å²) in [6, 6.07) is 5.39. The van der Waals surface area contributed by atoms with E-state index in [0.29, 0.717) is 23.7 Å².